The molecule has 140 valence electrons. The maximum atomic E-state index is 13.3. The topological polar surface area (TPSA) is 87.8 Å². The Morgan fingerprint density at radius 3 is 2.69 bits per heavy atom. The number of carbonyl (C=O) groups excluding carboxylic acids is 1. The van der Waals surface area contributed by atoms with Gasteiger partial charge >= 0.3 is 5.97 Å². The molecule has 1 aliphatic rings. The Balaban J connectivity index is 2.00. The van der Waals surface area contributed by atoms with Gasteiger partial charge in [-0.15, -0.1) is 0 Å². The van der Waals surface area contributed by atoms with Gasteiger partial charge in [0.1, 0.15) is 5.56 Å². The van der Waals surface area contributed by atoms with Crippen LogP contribution in [0.1, 0.15) is 60.0 Å². The van der Waals surface area contributed by atoms with Crippen LogP contribution in [0, 0.1) is 26.2 Å². The summed E-state index contributed by atoms with van der Waals surface area (Å²) in [4.78, 5) is 31.4. The van der Waals surface area contributed by atoms with Crippen molar-refractivity contribution in [1.29, 1.82) is 0 Å². The number of amides is 1. The number of aromatic nitrogens is 3. The summed E-state index contributed by atoms with van der Waals surface area (Å²) in [6.45, 7) is 8.42. The van der Waals surface area contributed by atoms with Gasteiger partial charge in [-0.2, -0.15) is 5.10 Å². The fraction of sp³-hybridized carbons (Fsp3) is 0.579. The first-order valence-electron chi connectivity index (χ1n) is 9.15. The van der Waals surface area contributed by atoms with Gasteiger partial charge in [-0.05, 0) is 46.1 Å². The van der Waals surface area contributed by atoms with E-state index in [9.17, 15) is 14.7 Å². The summed E-state index contributed by atoms with van der Waals surface area (Å²) in [5.41, 5.74) is 2.55. The third-order valence-electron chi connectivity index (χ3n) is 5.33. The number of hydrogen-bond donors (Lipinski definition) is 1. The molecule has 0 radical (unpaired) electrons. The molecule has 0 spiro atoms. The van der Waals surface area contributed by atoms with E-state index < -0.39 is 11.4 Å². The van der Waals surface area contributed by atoms with Gasteiger partial charge in [-0.3, -0.25) is 9.59 Å². The molecule has 1 aliphatic heterocycles. The van der Waals surface area contributed by atoms with E-state index in [0.717, 1.165) is 17.8 Å². The van der Waals surface area contributed by atoms with Crippen LogP contribution in [-0.4, -0.2) is 49.6 Å². The van der Waals surface area contributed by atoms with E-state index in [1.807, 2.05) is 26.8 Å². The van der Waals surface area contributed by atoms with Gasteiger partial charge in [0, 0.05) is 24.5 Å². The van der Waals surface area contributed by atoms with Crippen molar-refractivity contribution >= 4 is 17.5 Å². The predicted molar refractivity (Wildman–Crippen MR) is 97.3 cm³/mol. The summed E-state index contributed by atoms with van der Waals surface area (Å²) in [6, 6.07) is 1.92. The summed E-state index contributed by atoms with van der Waals surface area (Å²) in [5.74, 6) is -0.977. The molecule has 2 aromatic rings. The van der Waals surface area contributed by atoms with Crippen LogP contribution in [0.4, 0.5) is 0 Å². The molecule has 1 amide bonds. The maximum absolute atomic E-state index is 13.3. The molecular weight excluding hydrogens is 332 g/mol. The quantitative estimate of drug-likeness (QED) is 0.908. The largest absolute Gasteiger partial charge is 0.481 e. The Labute approximate surface area is 153 Å². The summed E-state index contributed by atoms with van der Waals surface area (Å²) in [5, 5.41) is 14.3. The number of carboxylic acids is 1. The van der Waals surface area contributed by atoms with Gasteiger partial charge in [0.25, 0.3) is 5.91 Å². The number of piperidine rings is 1. The SMILES string of the molecule is CCCC1(C(=O)O)CCCN(C(=O)c2c(C)nn3c(C)cc(C)nc23)C1. The van der Waals surface area contributed by atoms with Crippen LogP contribution in [0.15, 0.2) is 6.07 Å². The molecule has 3 rings (SSSR count). The van der Waals surface area contributed by atoms with Crippen LogP contribution in [0.25, 0.3) is 5.65 Å². The fourth-order valence-corrected chi connectivity index (χ4v) is 4.10. The molecule has 0 saturated carbocycles. The van der Waals surface area contributed by atoms with Gasteiger partial charge in [0.05, 0.1) is 11.1 Å². The first-order chi connectivity index (χ1) is 12.3. The lowest BCUT2D eigenvalue weighted by Gasteiger charge is -2.39. The normalized spacial score (nSPS) is 20.5. The summed E-state index contributed by atoms with van der Waals surface area (Å²) in [7, 11) is 0. The van der Waals surface area contributed by atoms with Crippen molar-refractivity contribution in [3.8, 4) is 0 Å². The van der Waals surface area contributed by atoms with Gasteiger partial charge in [-0.25, -0.2) is 9.50 Å². The molecule has 0 bridgehead atoms. The second kappa shape index (κ2) is 6.70. The monoisotopic (exact) mass is 358 g/mol. The zero-order valence-corrected chi connectivity index (χ0v) is 15.9. The van der Waals surface area contributed by atoms with Crippen molar-refractivity contribution in [2.45, 2.75) is 53.4 Å². The van der Waals surface area contributed by atoms with E-state index in [-0.39, 0.29) is 12.5 Å². The van der Waals surface area contributed by atoms with Gasteiger partial charge in [0.15, 0.2) is 5.65 Å². The summed E-state index contributed by atoms with van der Waals surface area (Å²) in [6.07, 6.45) is 2.67. The third-order valence-corrected chi connectivity index (χ3v) is 5.33. The number of hydrogen-bond acceptors (Lipinski definition) is 4. The van der Waals surface area contributed by atoms with Gasteiger partial charge in [0.2, 0.25) is 0 Å². The van der Waals surface area contributed by atoms with Crippen LogP contribution in [-0.2, 0) is 4.79 Å². The molecule has 3 heterocycles. The Morgan fingerprint density at radius 1 is 1.31 bits per heavy atom. The number of carboxylic acid groups (broad SMARTS) is 1. The van der Waals surface area contributed by atoms with Gasteiger partial charge in [-0.1, -0.05) is 13.3 Å². The lowest BCUT2D eigenvalue weighted by atomic mass is 9.76. The second-order valence-corrected chi connectivity index (χ2v) is 7.40. The number of rotatable bonds is 4. The Morgan fingerprint density at radius 2 is 2.04 bits per heavy atom. The molecule has 1 N–H and O–H groups in total. The van der Waals surface area contributed by atoms with Crippen molar-refractivity contribution in [2.24, 2.45) is 5.41 Å². The van der Waals surface area contributed by atoms with E-state index >= 15 is 0 Å². The van der Waals surface area contributed by atoms with Gasteiger partial charge < -0.3 is 10.0 Å². The standard InChI is InChI=1S/C19H26N4O3/c1-5-7-19(18(25)26)8-6-9-22(11-19)17(24)15-14(4)21-23-13(3)10-12(2)20-16(15)23/h10H,5-9,11H2,1-4H3,(H,25,26). The zero-order chi connectivity index (χ0) is 19.1. The molecule has 26 heavy (non-hydrogen) atoms. The summed E-state index contributed by atoms with van der Waals surface area (Å²) >= 11 is 0. The molecule has 2 aromatic heterocycles. The lowest BCUT2D eigenvalue weighted by molar-refractivity contribution is -0.152. The van der Waals surface area contributed by atoms with E-state index in [0.29, 0.717) is 42.7 Å². The molecule has 1 saturated heterocycles. The number of likely N-dealkylation sites (tertiary alicyclic amines) is 1. The number of fused-ring (bicyclic) bond motifs is 1. The molecule has 7 nitrogen and oxygen atoms in total. The second-order valence-electron chi connectivity index (χ2n) is 7.40. The minimum Gasteiger partial charge on any atom is -0.481 e. The molecule has 7 heteroatoms. The first kappa shape index (κ1) is 18.4. The highest BCUT2D eigenvalue weighted by molar-refractivity contribution is 6.01. The average Bonchev–Trinajstić information content (AvgIpc) is 2.91. The number of nitrogens with zero attached hydrogens (tertiary/aromatic N) is 4. The minimum atomic E-state index is -0.848. The van der Waals surface area contributed by atoms with Crippen LogP contribution in [0.5, 0.6) is 0 Å². The Kier molecular flexibility index (Phi) is 4.73. The van der Waals surface area contributed by atoms with Crippen LogP contribution >= 0.6 is 0 Å². The highest BCUT2D eigenvalue weighted by Gasteiger charge is 2.43. The molecule has 1 atom stereocenters. The maximum Gasteiger partial charge on any atom is 0.311 e. The molecule has 1 unspecified atom stereocenters. The van der Waals surface area contributed by atoms with E-state index in [4.69, 9.17) is 0 Å². The predicted octanol–water partition coefficient (Wildman–Crippen LogP) is 2.76. The summed E-state index contributed by atoms with van der Waals surface area (Å²) < 4.78 is 1.69. The van der Waals surface area contributed by atoms with E-state index in [1.54, 1.807) is 16.3 Å². The average molecular weight is 358 g/mol. The smallest absolute Gasteiger partial charge is 0.311 e. The number of aryl methyl sites for hydroxylation is 3. The van der Waals surface area contributed by atoms with Crippen molar-refractivity contribution in [3.63, 3.8) is 0 Å². The van der Waals surface area contributed by atoms with Crippen molar-refractivity contribution in [2.75, 3.05) is 13.1 Å². The highest BCUT2D eigenvalue weighted by Crippen LogP contribution is 2.36. The zero-order valence-electron chi connectivity index (χ0n) is 15.9. The highest BCUT2D eigenvalue weighted by atomic mass is 16.4. The fourth-order valence-electron chi connectivity index (χ4n) is 4.10. The Hall–Kier alpha value is -2.44. The Bertz CT molecular complexity index is 869. The third kappa shape index (κ3) is 2.95. The van der Waals surface area contributed by atoms with E-state index in [1.165, 1.54) is 0 Å². The van der Waals surface area contributed by atoms with Crippen LogP contribution in [0.2, 0.25) is 0 Å². The first-order valence-corrected chi connectivity index (χ1v) is 9.15. The van der Waals surface area contributed by atoms with Crippen LogP contribution < -0.4 is 0 Å². The van der Waals surface area contributed by atoms with E-state index in [2.05, 4.69) is 10.1 Å². The number of carbonyl (C=O) groups is 2. The lowest BCUT2D eigenvalue weighted by Crippen LogP contribution is -2.50. The molecule has 0 aliphatic carbocycles. The molecule has 1 fully saturated rings. The number of aliphatic carboxylic acids is 1. The van der Waals surface area contributed by atoms with Crippen molar-refractivity contribution in [3.05, 3.63) is 28.7 Å². The van der Waals surface area contributed by atoms with Crippen LogP contribution in [0.3, 0.4) is 0 Å². The minimum absolute atomic E-state index is 0.170. The molecule has 0 aromatic carbocycles. The molecular formula is C19H26N4O3. The van der Waals surface area contributed by atoms with Crippen molar-refractivity contribution < 1.29 is 14.7 Å². The van der Waals surface area contributed by atoms with Crippen molar-refractivity contribution in [1.82, 2.24) is 19.5 Å².